The molecule has 7 nitrogen and oxygen atoms in total. The normalized spacial score (nSPS) is 12.5. The van der Waals surface area contributed by atoms with Gasteiger partial charge in [0, 0.05) is 35.9 Å². The molecule has 3 N–H and O–H groups in total. The van der Waals surface area contributed by atoms with E-state index in [4.69, 9.17) is 4.74 Å². The van der Waals surface area contributed by atoms with Crippen LogP contribution in [-0.4, -0.2) is 41.2 Å². The maximum Gasteiger partial charge on any atom is 0.251 e. The number of hydrogen-bond donors (Lipinski definition) is 3. The van der Waals surface area contributed by atoms with Gasteiger partial charge in [-0.05, 0) is 54.4 Å². The summed E-state index contributed by atoms with van der Waals surface area (Å²) >= 11 is 0. The summed E-state index contributed by atoms with van der Waals surface area (Å²) in [6.45, 7) is 0.992. The van der Waals surface area contributed by atoms with Gasteiger partial charge >= 0.3 is 0 Å². The lowest BCUT2D eigenvalue weighted by molar-refractivity contribution is 0.0955. The van der Waals surface area contributed by atoms with Gasteiger partial charge in [0.2, 0.25) is 0 Å². The van der Waals surface area contributed by atoms with Crippen molar-refractivity contribution >= 4 is 43.8 Å². The zero-order chi connectivity index (χ0) is 24.0. The van der Waals surface area contributed by atoms with Gasteiger partial charge in [-0.1, -0.05) is 30.3 Å². The van der Waals surface area contributed by atoms with Gasteiger partial charge in [0.1, 0.15) is 5.75 Å². The monoisotopic (exact) mass is 474 g/mol. The lowest BCUT2D eigenvalue weighted by atomic mass is 10.2. The Kier molecular flexibility index (Phi) is 6.98. The van der Waals surface area contributed by atoms with Crippen molar-refractivity contribution < 1.29 is 13.7 Å². The third-order valence-electron chi connectivity index (χ3n) is 5.21. The molecule has 1 heterocycles. The van der Waals surface area contributed by atoms with Crippen LogP contribution in [0.4, 0.5) is 11.4 Å². The van der Waals surface area contributed by atoms with Gasteiger partial charge in [-0.3, -0.25) is 9.78 Å². The molecule has 0 bridgehead atoms. The minimum Gasteiger partial charge on any atom is -0.495 e. The van der Waals surface area contributed by atoms with E-state index < -0.39 is 9.71 Å². The smallest absolute Gasteiger partial charge is 0.251 e. The van der Waals surface area contributed by atoms with E-state index in [1.807, 2.05) is 48.5 Å². The summed E-state index contributed by atoms with van der Waals surface area (Å²) in [4.78, 5) is 17.4. The quantitative estimate of drug-likeness (QED) is 0.250. The third-order valence-corrected chi connectivity index (χ3v) is 6.82. The number of carbonyl (C=O) groups excluding carboxylic acids is 1. The minimum absolute atomic E-state index is 0.193. The summed E-state index contributed by atoms with van der Waals surface area (Å²) < 4.78 is 21.7. The number of methoxy groups -OCH3 is 1. The molecule has 0 aliphatic rings. The summed E-state index contributed by atoms with van der Waals surface area (Å²) in [5.41, 5.74) is 2.62. The van der Waals surface area contributed by atoms with Crippen LogP contribution in [0.1, 0.15) is 10.4 Å². The highest BCUT2D eigenvalue weighted by Gasteiger charge is 2.13. The average Bonchev–Trinajstić information content (AvgIpc) is 2.86. The second kappa shape index (κ2) is 10.3. The van der Waals surface area contributed by atoms with Gasteiger partial charge in [-0.2, -0.15) is 0 Å². The molecule has 4 rings (SSSR count). The molecule has 0 spiro atoms. The molecule has 3 aromatic carbocycles. The number of ether oxygens (including phenoxy) is 1. The van der Waals surface area contributed by atoms with Crippen molar-refractivity contribution in [2.24, 2.45) is 0 Å². The van der Waals surface area contributed by atoms with Crippen molar-refractivity contribution in [2.45, 2.75) is 4.90 Å². The zero-order valence-corrected chi connectivity index (χ0v) is 19.6. The van der Waals surface area contributed by atoms with E-state index in [-0.39, 0.29) is 5.91 Å². The molecule has 0 radical (unpaired) electrons. The van der Waals surface area contributed by atoms with Crippen molar-refractivity contribution in [3.63, 3.8) is 0 Å². The van der Waals surface area contributed by atoms with E-state index in [1.54, 1.807) is 43.6 Å². The number of rotatable bonds is 9. The SMILES string of the molecule is C=S(=O)(Nc1ccc(C(=O)NCCNc2ccccc2OC)cc1)c1cccc2cccnc12. The van der Waals surface area contributed by atoms with Crippen molar-refractivity contribution in [3.8, 4) is 5.75 Å². The lowest BCUT2D eigenvalue weighted by Crippen LogP contribution is -2.28. The Hall–Kier alpha value is -4.04. The van der Waals surface area contributed by atoms with Crippen molar-refractivity contribution in [2.75, 3.05) is 30.2 Å². The first kappa shape index (κ1) is 23.1. The molecule has 0 saturated heterocycles. The van der Waals surface area contributed by atoms with Crippen LogP contribution in [0.2, 0.25) is 0 Å². The van der Waals surface area contributed by atoms with E-state index in [1.165, 1.54) is 0 Å². The highest BCUT2D eigenvalue weighted by Crippen LogP contribution is 2.24. The number of pyridine rings is 1. The second-order valence-electron chi connectivity index (χ2n) is 7.57. The highest BCUT2D eigenvalue weighted by molar-refractivity contribution is 8.01. The first-order valence-corrected chi connectivity index (χ1v) is 12.4. The summed E-state index contributed by atoms with van der Waals surface area (Å²) in [6.07, 6.45) is 1.67. The molecule has 0 aliphatic heterocycles. The number of amides is 1. The van der Waals surface area contributed by atoms with Crippen LogP contribution in [0.15, 0.2) is 90.0 Å². The maximum atomic E-state index is 13.4. The van der Waals surface area contributed by atoms with E-state index in [0.29, 0.717) is 34.8 Å². The number of nitrogens with one attached hydrogen (secondary N) is 3. The Morgan fingerprint density at radius 1 is 0.971 bits per heavy atom. The van der Waals surface area contributed by atoms with Crippen LogP contribution < -0.4 is 20.1 Å². The standard InChI is InChI=1S/C26H26N4O3S/c1-33-23-10-4-3-9-22(23)27-17-18-29-26(31)20-12-14-21(15-13-20)30-34(2,32)24-11-5-7-19-8-6-16-28-25(19)24/h3-16,27H,2,17-18H2,1H3,(H,29,31)(H,30,32). The topological polar surface area (TPSA) is 92.4 Å². The van der Waals surface area contributed by atoms with E-state index in [0.717, 1.165) is 16.8 Å². The largest absolute Gasteiger partial charge is 0.495 e. The van der Waals surface area contributed by atoms with E-state index >= 15 is 0 Å². The van der Waals surface area contributed by atoms with Crippen LogP contribution >= 0.6 is 0 Å². The average molecular weight is 475 g/mol. The van der Waals surface area contributed by atoms with E-state index in [9.17, 15) is 9.00 Å². The number of fused-ring (bicyclic) bond motifs is 1. The van der Waals surface area contributed by atoms with Gasteiger partial charge in [0.05, 0.1) is 32.9 Å². The Bertz CT molecular complexity index is 1400. The molecule has 1 atom stereocenters. The van der Waals surface area contributed by atoms with Gasteiger partial charge in [-0.15, -0.1) is 0 Å². The number of para-hydroxylation sites is 3. The van der Waals surface area contributed by atoms with Crippen LogP contribution in [0.25, 0.3) is 10.9 Å². The fourth-order valence-corrected chi connectivity index (χ4v) is 4.95. The molecule has 1 amide bonds. The molecular weight excluding hydrogens is 448 g/mol. The molecule has 8 heteroatoms. The molecule has 4 aromatic rings. The molecule has 0 fully saturated rings. The lowest BCUT2D eigenvalue weighted by Gasteiger charge is -2.15. The van der Waals surface area contributed by atoms with Gasteiger partial charge in [-0.25, -0.2) is 4.21 Å². The summed E-state index contributed by atoms with van der Waals surface area (Å²) in [6, 6.07) is 23.7. The van der Waals surface area contributed by atoms with Crippen molar-refractivity contribution in [1.82, 2.24) is 10.3 Å². The summed E-state index contributed by atoms with van der Waals surface area (Å²) in [7, 11) is -1.24. The Morgan fingerprint density at radius 3 is 2.53 bits per heavy atom. The Morgan fingerprint density at radius 2 is 1.74 bits per heavy atom. The molecule has 1 aromatic heterocycles. The van der Waals surface area contributed by atoms with Gasteiger partial charge in [0.25, 0.3) is 5.91 Å². The summed E-state index contributed by atoms with van der Waals surface area (Å²) in [5.74, 6) is 4.47. The number of benzene rings is 3. The third kappa shape index (κ3) is 5.29. The second-order valence-corrected chi connectivity index (χ2v) is 9.56. The van der Waals surface area contributed by atoms with Crippen LogP contribution in [0, 0.1) is 0 Å². The van der Waals surface area contributed by atoms with Gasteiger partial charge < -0.3 is 20.1 Å². The molecule has 174 valence electrons. The van der Waals surface area contributed by atoms with Crippen LogP contribution in [0.5, 0.6) is 5.75 Å². The number of nitrogens with zero attached hydrogens (tertiary/aromatic N) is 1. The fraction of sp³-hybridized carbons (Fsp3) is 0.115. The minimum atomic E-state index is -2.85. The fourth-order valence-electron chi connectivity index (χ4n) is 3.54. The number of hydrogen-bond acceptors (Lipinski definition) is 5. The predicted molar refractivity (Wildman–Crippen MR) is 139 cm³/mol. The summed E-state index contributed by atoms with van der Waals surface area (Å²) in [5, 5.41) is 7.01. The van der Waals surface area contributed by atoms with Gasteiger partial charge in [0.15, 0.2) is 0 Å². The van der Waals surface area contributed by atoms with E-state index in [2.05, 4.69) is 26.2 Å². The number of carbonyl (C=O) groups is 1. The predicted octanol–water partition coefficient (Wildman–Crippen LogP) is 4.19. The number of anilines is 2. The Labute approximate surface area is 199 Å². The zero-order valence-electron chi connectivity index (χ0n) is 18.8. The van der Waals surface area contributed by atoms with Crippen molar-refractivity contribution in [1.29, 1.82) is 0 Å². The maximum absolute atomic E-state index is 13.4. The molecule has 1 unspecified atom stereocenters. The van der Waals surface area contributed by atoms with Crippen LogP contribution in [-0.2, 0) is 9.71 Å². The highest BCUT2D eigenvalue weighted by atomic mass is 32.2. The molecule has 34 heavy (non-hydrogen) atoms. The molecule has 0 saturated carbocycles. The number of aromatic nitrogens is 1. The van der Waals surface area contributed by atoms with Crippen molar-refractivity contribution in [3.05, 3.63) is 90.6 Å². The molecule has 0 aliphatic carbocycles. The van der Waals surface area contributed by atoms with Crippen LogP contribution in [0.3, 0.4) is 0 Å². The Balaban J connectivity index is 1.35. The molecular formula is C26H26N4O3S. The first-order chi connectivity index (χ1) is 16.5. The first-order valence-electron chi connectivity index (χ1n) is 10.7.